The molecule has 0 spiro atoms. The van der Waals surface area contributed by atoms with E-state index < -0.39 is 11.9 Å². The molecule has 170 valence electrons. The Morgan fingerprint density at radius 2 is 1.82 bits per heavy atom. The van der Waals surface area contributed by atoms with Crippen LogP contribution < -0.4 is 0 Å². The van der Waals surface area contributed by atoms with Gasteiger partial charge in [0.1, 0.15) is 12.2 Å². The first-order valence-electron chi connectivity index (χ1n) is 10.8. The number of rotatable bonds is 8. The van der Waals surface area contributed by atoms with Crippen molar-refractivity contribution in [2.45, 2.75) is 40.2 Å². The molecule has 0 bridgehead atoms. The van der Waals surface area contributed by atoms with Crippen molar-refractivity contribution in [2.75, 3.05) is 0 Å². The second-order valence-corrected chi connectivity index (χ2v) is 9.11. The van der Waals surface area contributed by atoms with Crippen LogP contribution in [-0.4, -0.2) is 46.5 Å². The summed E-state index contributed by atoms with van der Waals surface area (Å²) in [6.07, 6.45) is 2.60. The van der Waals surface area contributed by atoms with E-state index in [-0.39, 0.29) is 5.41 Å². The monoisotopic (exact) mass is 445 g/mol. The fraction of sp³-hybridized carbons (Fsp3) is 0.333. The van der Waals surface area contributed by atoms with Crippen molar-refractivity contribution in [3.05, 3.63) is 66.2 Å². The van der Waals surface area contributed by atoms with Crippen LogP contribution >= 0.6 is 0 Å². The molecule has 0 saturated carbocycles. The molecular formula is C24H27N7O2. The Bertz CT molecular complexity index is 1210. The van der Waals surface area contributed by atoms with Crippen molar-refractivity contribution < 1.29 is 9.90 Å². The molecule has 0 fully saturated rings. The lowest BCUT2D eigenvalue weighted by Crippen LogP contribution is -2.29. The van der Waals surface area contributed by atoms with E-state index in [9.17, 15) is 9.90 Å². The summed E-state index contributed by atoms with van der Waals surface area (Å²) < 4.78 is 1.84. The largest absolute Gasteiger partial charge is 0.481 e. The molecule has 4 aromatic rings. The number of carbonyl (C=O) groups is 1. The molecule has 0 amide bonds. The van der Waals surface area contributed by atoms with Crippen LogP contribution in [0.25, 0.3) is 22.5 Å². The first-order valence-corrected chi connectivity index (χ1v) is 10.8. The van der Waals surface area contributed by atoms with Gasteiger partial charge in [-0.3, -0.25) is 4.79 Å². The molecule has 2 aromatic heterocycles. The number of aliphatic carboxylic acids is 1. The molecule has 9 nitrogen and oxygen atoms in total. The summed E-state index contributed by atoms with van der Waals surface area (Å²) in [5.74, 6) is 0.125. The average Bonchev–Trinajstić information content (AvgIpc) is 3.46. The van der Waals surface area contributed by atoms with Gasteiger partial charge in [0, 0.05) is 12.0 Å². The van der Waals surface area contributed by atoms with Crippen LogP contribution in [0.5, 0.6) is 0 Å². The molecular weight excluding hydrogens is 418 g/mol. The van der Waals surface area contributed by atoms with Gasteiger partial charge in [0.15, 0.2) is 0 Å². The number of hydrogen-bond acceptors (Lipinski definition) is 6. The number of carboxylic acid groups (broad SMARTS) is 1. The minimum Gasteiger partial charge on any atom is -0.481 e. The highest BCUT2D eigenvalue weighted by Crippen LogP contribution is 2.31. The van der Waals surface area contributed by atoms with Crippen LogP contribution in [0.2, 0.25) is 0 Å². The summed E-state index contributed by atoms with van der Waals surface area (Å²) in [5, 5.41) is 28.3. The topological polar surface area (TPSA) is 122 Å². The zero-order valence-corrected chi connectivity index (χ0v) is 18.9. The molecule has 2 N–H and O–H groups in total. The van der Waals surface area contributed by atoms with Crippen molar-refractivity contribution in [1.29, 1.82) is 0 Å². The number of aromatic nitrogens is 7. The maximum atomic E-state index is 11.7. The number of nitrogens with one attached hydrogen (secondary N) is 1. The van der Waals surface area contributed by atoms with E-state index in [1.807, 2.05) is 49.7 Å². The number of H-pyrrole nitrogens is 1. The normalized spacial score (nSPS) is 12.6. The van der Waals surface area contributed by atoms with Gasteiger partial charge in [0.05, 0.1) is 12.5 Å². The van der Waals surface area contributed by atoms with E-state index in [0.29, 0.717) is 25.2 Å². The predicted octanol–water partition coefficient (Wildman–Crippen LogP) is 3.85. The van der Waals surface area contributed by atoms with E-state index >= 15 is 0 Å². The van der Waals surface area contributed by atoms with E-state index in [0.717, 1.165) is 28.1 Å². The van der Waals surface area contributed by atoms with Crippen LogP contribution in [0.1, 0.15) is 38.6 Å². The van der Waals surface area contributed by atoms with Crippen LogP contribution in [0.3, 0.4) is 0 Å². The van der Waals surface area contributed by atoms with E-state index in [1.54, 1.807) is 0 Å². The Labute approximate surface area is 191 Å². The molecule has 33 heavy (non-hydrogen) atoms. The number of benzene rings is 2. The smallest absolute Gasteiger partial charge is 0.307 e. The van der Waals surface area contributed by atoms with Crippen LogP contribution in [0.15, 0.2) is 54.9 Å². The summed E-state index contributed by atoms with van der Waals surface area (Å²) in [5.41, 5.74) is 3.74. The first kappa shape index (κ1) is 22.3. The number of aryl methyl sites for hydroxylation is 1. The fourth-order valence-corrected chi connectivity index (χ4v) is 3.98. The molecule has 4 rings (SSSR count). The molecule has 0 aliphatic heterocycles. The molecule has 2 heterocycles. The maximum Gasteiger partial charge on any atom is 0.307 e. The van der Waals surface area contributed by atoms with Gasteiger partial charge >= 0.3 is 5.97 Å². The Hall–Kier alpha value is -3.88. The summed E-state index contributed by atoms with van der Waals surface area (Å²) in [6.45, 7) is 6.42. The van der Waals surface area contributed by atoms with E-state index in [4.69, 9.17) is 0 Å². The maximum absolute atomic E-state index is 11.7. The van der Waals surface area contributed by atoms with Gasteiger partial charge in [-0.15, -0.1) is 10.2 Å². The molecule has 9 heteroatoms. The van der Waals surface area contributed by atoms with Gasteiger partial charge in [-0.2, -0.15) is 10.3 Å². The minimum absolute atomic E-state index is 0.315. The predicted molar refractivity (Wildman–Crippen MR) is 123 cm³/mol. The van der Waals surface area contributed by atoms with E-state index in [1.165, 1.54) is 6.33 Å². The van der Waals surface area contributed by atoms with Gasteiger partial charge in [-0.1, -0.05) is 69.3 Å². The van der Waals surface area contributed by atoms with E-state index in [2.05, 4.69) is 55.0 Å². The highest BCUT2D eigenvalue weighted by molar-refractivity contribution is 5.80. The average molecular weight is 446 g/mol. The molecule has 0 radical (unpaired) electrons. The summed E-state index contributed by atoms with van der Waals surface area (Å²) in [7, 11) is 0. The third-order valence-electron chi connectivity index (χ3n) is 5.81. The van der Waals surface area contributed by atoms with Crippen LogP contribution in [0.4, 0.5) is 0 Å². The van der Waals surface area contributed by atoms with Crippen LogP contribution in [0, 0.1) is 11.3 Å². The fourth-order valence-electron chi connectivity index (χ4n) is 3.98. The molecule has 1 unspecified atom stereocenters. The first-order chi connectivity index (χ1) is 15.8. The number of hydrogen-bond donors (Lipinski definition) is 2. The SMILES string of the molecule is CC(C)(C)C(CCc1ncnn1Cc1ccc(-c2ccccc2-c2nn[nH]n2)cc1)C(=O)O. The van der Waals surface area contributed by atoms with Gasteiger partial charge in [0.25, 0.3) is 0 Å². The second-order valence-electron chi connectivity index (χ2n) is 9.11. The number of tetrazole rings is 1. The molecule has 2 aromatic carbocycles. The zero-order valence-electron chi connectivity index (χ0n) is 18.9. The standard InChI is InChI=1S/C24H27N7O2/c1-24(2,3)20(23(32)33)12-13-21-25-15-26-31(21)14-16-8-10-17(11-9-16)18-6-4-5-7-19(18)22-27-29-30-28-22/h4-11,15,20H,12-14H2,1-3H3,(H,32,33)(H,27,28,29,30). The Morgan fingerprint density at radius 1 is 1.09 bits per heavy atom. The molecule has 0 saturated heterocycles. The minimum atomic E-state index is -0.773. The highest BCUT2D eigenvalue weighted by atomic mass is 16.4. The van der Waals surface area contributed by atoms with Crippen LogP contribution in [-0.2, 0) is 17.8 Å². The molecule has 1 atom stereocenters. The van der Waals surface area contributed by atoms with Gasteiger partial charge in [-0.05, 0) is 33.7 Å². The lowest BCUT2D eigenvalue weighted by Gasteiger charge is -2.26. The van der Waals surface area contributed by atoms with Crippen molar-refractivity contribution >= 4 is 5.97 Å². The molecule has 0 aliphatic carbocycles. The summed E-state index contributed by atoms with van der Waals surface area (Å²) >= 11 is 0. The van der Waals surface area contributed by atoms with Gasteiger partial charge in [-0.25, -0.2) is 9.67 Å². The van der Waals surface area contributed by atoms with Gasteiger partial charge < -0.3 is 5.11 Å². The lowest BCUT2D eigenvalue weighted by atomic mass is 9.78. The van der Waals surface area contributed by atoms with Crippen molar-refractivity contribution in [3.63, 3.8) is 0 Å². The number of carboxylic acids is 1. The van der Waals surface area contributed by atoms with Crippen molar-refractivity contribution in [3.8, 4) is 22.5 Å². The Morgan fingerprint density at radius 3 is 2.45 bits per heavy atom. The summed E-state index contributed by atoms with van der Waals surface area (Å²) in [6, 6.07) is 16.2. The quantitative estimate of drug-likeness (QED) is 0.422. The second kappa shape index (κ2) is 9.32. The Balaban J connectivity index is 1.49. The zero-order chi connectivity index (χ0) is 23.4. The van der Waals surface area contributed by atoms with Gasteiger partial charge in [0.2, 0.25) is 5.82 Å². The molecule has 0 aliphatic rings. The highest BCUT2D eigenvalue weighted by Gasteiger charge is 2.31. The summed E-state index contributed by atoms with van der Waals surface area (Å²) in [4.78, 5) is 16.0. The third kappa shape index (κ3) is 5.14. The number of aromatic amines is 1. The lowest BCUT2D eigenvalue weighted by molar-refractivity contribution is -0.145. The third-order valence-corrected chi connectivity index (χ3v) is 5.81. The Kier molecular flexibility index (Phi) is 6.30. The number of nitrogens with zero attached hydrogens (tertiary/aromatic N) is 6. The van der Waals surface area contributed by atoms with Crippen molar-refractivity contribution in [1.82, 2.24) is 35.4 Å². The van der Waals surface area contributed by atoms with Crippen molar-refractivity contribution in [2.24, 2.45) is 11.3 Å².